The van der Waals surface area contributed by atoms with Gasteiger partial charge >= 0.3 is 5.97 Å². The zero-order valence-corrected chi connectivity index (χ0v) is 28.1. The van der Waals surface area contributed by atoms with E-state index >= 15 is 0 Å². The third kappa shape index (κ3) is 19.6. The Morgan fingerprint density at radius 2 is 0.922 bits per heavy atom. The predicted molar refractivity (Wildman–Crippen MR) is 167 cm³/mol. The zero-order valence-electron chi connectivity index (χ0n) is 28.1. The van der Waals surface area contributed by atoms with E-state index in [2.05, 4.69) is 10.1 Å². The molecule has 0 atom stereocenters. The quantitative estimate of drug-likeness (QED) is 0.0288. The average Bonchev–Trinajstić information content (AvgIpc) is 3.43. The van der Waals surface area contributed by atoms with Crippen molar-refractivity contribution in [3.05, 3.63) is 41.5 Å². The van der Waals surface area contributed by atoms with Crippen LogP contribution in [0.2, 0.25) is 0 Å². The number of hydrogen-bond donors (Lipinski definition) is 1. The zero-order chi connectivity index (χ0) is 37.1. The molecular formula is C32H44F4N2O13. The Balaban J connectivity index is 1.22. The van der Waals surface area contributed by atoms with Crippen LogP contribution in [0.3, 0.4) is 0 Å². The van der Waals surface area contributed by atoms with Gasteiger partial charge < -0.3 is 47.9 Å². The van der Waals surface area contributed by atoms with Crippen molar-refractivity contribution in [3.8, 4) is 5.75 Å². The molecule has 1 aromatic rings. The van der Waals surface area contributed by atoms with Crippen molar-refractivity contribution in [1.82, 2.24) is 10.2 Å². The van der Waals surface area contributed by atoms with E-state index < -0.39 is 53.2 Å². The molecule has 0 saturated carbocycles. The second-order valence-electron chi connectivity index (χ2n) is 10.2. The minimum absolute atomic E-state index is 0.0107. The van der Waals surface area contributed by atoms with Gasteiger partial charge in [0.2, 0.25) is 23.3 Å². The van der Waals surface area contributed by atoms with E-state index in [0.717, 1.165) is 4.90 Å². The van der Waals surface area contributed by atoms with E-state index in [0.29, 0.717) is 85.8 Å². The number of carbonyl (C=O) groups is 4. The Kier molecular flexibility index (Phi) is 23.2. The number of hydrogen-bond acceptors (Lipinski definition) is 13. The van der Waals surface area contributed by atoms with Crippen molar-refractivity contribution in [2.24, 2.45) is 0 Å². The lowest BCUT2D eigenvalue weighted by Crippen LogP contribution is -2.35. The van der Waals surface area contributed by atoms with Crippen LogP contribution >= 0.6 is 0 Å². The van der Waals surface area contributed by atoms with E-state index in [1.165, 1.54) is 12.2 Å². The van der Waals surface area contributed by atoms with Crippen molar-refractivity contribution in [3.63, 3.8) is 0 Å². The molecule has 0 saturated heterocycles. The van der Waals surface area contributed by atoms with Crippen LogP contribution in [0.5, 0.6) is 5.75 Å². The number of nitrogens with zero attached hydrogens (tertiary/aromatic N) is 1. The Morgan fingerprint density at radius 1 is 0.549 bits per heavy atom. The molecule has 51 heavy (non-hydrogen) atoms. The molecule has 0 spiro atoms. The van der Waals surface area contributed by atoms with Crippen molar-refractivity contribution in [2.45, 2.75) is 12.8 Å². The minimum Gasteiger partial charge on any atom is -0.420 e. The molecule has 1 aromatic carbocycles. The molecule has 0 radical (unpaired) electrons. The lowest BCUT2D eigenvalue weighted by Gasteiger charge is -2.13. The average molecular weight is 741 g/mol. The van der Waals surface area contributed by atoms with Gasteiger partial charge in [0, 0.05) is 37.7 Å². The first kappa shape index (κ1) is 43.6. The van der Waals surface area contributed by atoms with E-state index in [4.69, 9.17) is 37.9 Å². The van der Waals surface area contributed by atoms with Crippen LogP contribution in [-0.2, 0) is 57.1 Å². The molecule has 288 valence electrons. The monoisotopic (exact) mass is 740 g/mol. The van der Waals surface area contributed by atoms with E-state index in [-0.39, 0.29) is 51.4 Å². The Morgan fingerprint density at radius 3 is 1.33 bits per heavy atom. The standard InChI is InChI=1S/C32H44F4N2O13/c33-24-23-25(34)31(36)32(30(24)35)51-29(42)4-7-43-9-11-45-13-15-47-17-19-49-21-22-50-20-18-48-16-14-46-12-10-44-8-5-37-26(39)3-6-38-27(40)1-2-28(38)41/h1-2,23H,3-22H2,(H,37,39). The summed E-state index contributed by atoms with van der Waals surface area (Å²) in [5, 5.41) is 2.65. The summed E-state index contributed by atoms with van der Waals surface area (Å²) in [6.07, 6.45) is 1.97. The summed E-state index contributed by atoms with van der Waals surface area (Å²) in [7, 11) is 0. The Bertz CT molecular complexity index is 1200. The van der Waals surface area contributed by atoms with Crippen LogP contribution in [0.4, 0.5) is 17.6 Å². The predicted octanol–water partition coefficient (Wildman–Crippen LogP) is 1.10. The molecule has 1 aliphatic heterocycles. The molecule has 0 aliphatic carbocycles. The maximum atomic E-state index is 13.5. The number of amides is 3. The minimum atomic E-state index is -1.80. The van der Waals surface area contributed by atoms with Gasteiger partial charge in [0.05, 0.1) is 112 Å². The van der Waals surface area contributed by atoms with Crippen molar-refractivity contribution < 1.29 is 79.4 Å². The molecule has 0 fully saturated rings. The van der Waals surface area contributed by atoms with Crippen LogP contribution in [0.25, 0.3) is 0 Å². The van der Waals surface area contributed by atoms with Gasteiger partial charge in [-0.05, 0) is 0 Å². The normalized spacial score (nSPS) is 12.7. The first-order valence-corrected chi connectivity index (χ1v) is 16.2. The van der Waals surface area contributed by atoms with Gasteiger partial charge in [0.1, 0.15) is 0 Å². The number of nitrogens with one attached hydrogen (secondary N) is 1. The molecule has 3 amide bonds. The molecule has 1 aliphatic rings. The largest absolute Gasteiger partial charge is 0.420 e. The topological polar surface area (TPSA) is 167 Å². The highest BCUT2D eigenvalue weighted by atomic mass is 19.2. The highest BCUT2D eigenvalue weighted by Crippen LogP contribution is 2.26. The summed E-state index contributed by atoms with van der Waals surface area (Å²) in [6.45, 7) is 5.21. The smallest absolute Gasteiger partial charge is 0.313 e. The van der Waals surface area contributed by atoms with Crippen LogP contribution in [-0.4, -0.2) is 147 Å². The maximum absolute atomic E-state index is 13.5. The van der Waals surface area contributed by atoms with Gasteiger partial charge in [-0.3, -0.25) is 24.1 Å². The van der Waals surface area contributed by atoms with Crippen molar-refractivity contribution in [2.75, 3.05) is 119 Å². The Hall–Kier alpha value is -3.56. The number of imide groups is 1. The molecule has 19 heteroatoms. The second-order valence-corrected chi connectivity index (χ2v) is 10.2. The fourth-order valence-electron chi connectivity index (χ4n) is 3.82. The molecule has 1 N–H and O–H groups in total. The fourth-order valence-corrected chi connectivity index (χ4v) is 3.82. The van der Waals surface area contributed by atoms with Crippen LogP contribution < -0.4 is 10.1 Å². The number of benzene rings is 1. The third-order valence-electron chi connectivity index (χ3n) is 6.37. The Labute approximate surface area is 292 Å². The van der Waals surface area contributed by atoms with Gasteiger partial charge in [-0.15, -0.1) is 0 Å². The number of esters is 1. The van der Waals surface area contributed by atoms with Crippen molar-refractivity contribution >= 4 is 23.7 Å². The maximum Gasteiger partial charge on any atom is 0.313 e. The molecule has 1 heterocycles. The van der Waals surface area contributed by atoms with Crippen molar-refractivity contribution in [1.29, 1.82) is 0 Å². The summed E-state index contributed by atoms with van der Waals surface area (Å²) in [6, 6.07) is 0.0107. The van der Waals surface area contributed by atoms with Gasteiger partial charge in [-0.2, -0.15) is 8.78 Å². The number of carbonyl (C=O) groups excluding carboxylic acids is 4. The number of rotatable bonds is 31. The molecule has 0 aromatic heterocycles. The highest BCUT2D eigenvalue weighted by molar-refractivity contribution is 6.13. The summed E-state index contributed by atoms with van der Waals surface area (Å²) < 4.78 is 100. The first-order valence-electron chi connectivity index (χ1n) is 16.2. The number of ether oxygens (including phenoxy) is 9. The summed E-state index contributed by atoms with van der Waals surface area (Å²) in [5.41, 5.74) is 0. The van der Waals surface area contributed by atoms with Crippen LogP contribution in [0.1, 0.15) is 12.8 Å². The highest BCUT2D eigenvalue weighted by Gasteiger charge is 2.24. The summed E-state index contributed by atoms with van der Waals surface area (Å²) in [5.74, 6) is -10.6. The molecule has 2 rings (SSSR count). The summed E-state index contributed by atoms with van der Waals surface area (Å²) in [4.78, 5) is 47.3. The fraction of sp³-hybridized carbons (Fsp3) is 0.625. The van der Waals surface area contributed by atoms with Gasteiger partial charge in [-0.25, -0.2) is 8.78 Å². The lowest BCUT2D eigenvalue weighted by molar-refractivity contribution is -0.138. The molecule has 15 nitrogen and oxygen atoms in total. The number of halogens is 4. The van der Waals surface area contributed by atoms with Crippen LogP contribution in [0.15, 0.2) is 18.2 Å². The first-order chi connectivity index (χ1) is 24.7. The lowest BCUT2D eigenvalue weighted by atomic mass is 10.3. The molecule has 0 bridgehead atoms. The van der Waals surface area contributed by atoms with Gasteiger partial charge in [0.25, 0.3) is 11.8 Å². The van der Waals surface area contributed by atoms with E-state index in [1.54, 1.807) is 0 Å². The third-order valence-corrected chi connectivity index (χ3v) is 6.37. The van der Waals surface area contributed by atoms with Crippen LogP contribution in [0, 0.1) is 23.3 Å². The SMILES string of the molecule is O=C(CCN1C(=O)C=CC1=O)NCCOCCOCCOCCOCCOCCOCCOCCOCCC(=O)Oc1c(F)c(F)cc(F)c1F. The molecule has 0 unspecified atom stereocenters. The second kappa shape index (κ2) is 27.1. The van der Waals surface area contributed by atoms with E-state index in [1.807, 2.05) is 0 Å². The van der Waals surface area contributed by atoms with E-state index in [9.17, 15) is 36.7 Å². The van der Waals surface area contributed by atoms with Gasteiger partial charge in [0.15, 0.2) is 11.6 Å². The molecular weight excluding hydrogens is 696 g/mol. The summed E-state index contributed by atoms with van der Waals surface area (Å²) >= 11 is 0. The van der Waals surface area contributed by atoms with Gasteiger partial charge in [-0.1, -0.05) is 0 Å².